The number of benzene rings is 3. The molecule has 0 saturated carbocycles. The number of aliphatic carboxylic acids is 1. The number of hydrogen-bond acceptors (Lipinski definition) is 2. The largest absolute Gasteiger partial charge is 0.481 e. The van der Waals surface area contributed by atoms with Gasteiger partial charge in [0.2, 0.25) is 5.91 Å². The Bertz CT molecular complexity index is 932. The standard InChI is InChI=1S/C21H18ClNO3/c22-17-10-8-15(9-11-17)19(13-21(25)26)23-20(24)12-16-6-3-5-14-4-1-2-7-18(14)16/h1-11,19H,12-13H2,(H,23,24)(H,25,26)/t19-/m1/s1. The van der Waals surface area contributed by atoms with Crippen LogP contribution in [0.5, 0.6) is 0 Å². The fourth-order valence-electron chi connectivity index (χ4n) is 2.99. The quantitative estimate of drug-likeness (QED) is 0.680. The van der Waals surface area contributed by atoms with Crippen LogP contribution in [0.15, 0.2) is 66.7 Å². The van der Waals surface area contributed by atoms with Gasteiger partial charge in [-0.25, -0.2) is 0 Å². The van der Waals surface area contributed by atoms with Crippen molar-refractivity contribution in [1.29, 1.82) is 0 Å². The number of amides is 1. The van der Waals surface area contributed by atoms with Gasteiger partial charge in [0.05, 0.1) is 18.9 Å². The van der Waals surface area contributed by atoms with E-state index < -0.39 is 12.0 Å². The first kappa shape index (κ1) is 18.0. The minimum absolute atomic E-state index is 0.186. The van der Waals surface area contributed by atoms with E-state index in [1.807, 2.05) is 42.5 Å². The Morgan fingerprint density at radius 2 is 1.65 bits per heavy atom. The number of hydrogen-bond donors (Lipinski definition) is 2. The van der Waals surface area contributed by atoms with Gasteiger partial charge in [-0.15, -0.1) is 0 Å². The molecule has 0 spiro atoms. The van der Waals surface area contributed by atoms with Gasteiger partial charge in [-0.2, -0.15) is 0 Å². The second-order valence-corrected chi connectivity index (χ2v) is 6.52. The van der Waals surface area contributed by atoms with Gasteiger partial charge < -0.3 is 10.4 Å². The lowest BCUT2D eigenvalue weighted by Crippen LogP contribution is -2.31. The molecular formula is C21H18ClNO3. The smallest absolute Gasteiger partial charge is 0.305 e. The molecule has 2 N–H and O–H groups in total. The molecule has 0 saturated heterocycles. The highest BCUT2D eigenvalue weighted by atomic mass is 35.5. The Kier molecular flexibility index (Phi) is 5.54. The molecule has 0 aliphatic rings. The Balaban J connectivity index is 1.79. The van der Waals surface area contributed by atoms with E-state index in [9.17, 15) is 9.59 Å². The third kappa shape index (κ3) is 4.41. The maximum absolute atomic E-state index is 12.6. The van der Waals surface area contributed by atoms with E-state index in [0.717, 1.165) is 16.3 Å². The number of halogens is 1. The third-order valence-corrected chi connectivity index (χ3v) is 4.47. The van der Waals surface area contributed by atoms with Gasteiger partial charge in [-0.3, -0.25) is 9.59 Å². The molecule has 0 heterocycles. The van der Waals surface area contributed by atoms with Crippen molar-refractivity contribution in [2.45, 2.75) is 18.9 Å². The highest BCUT2D eigenvalue weighted by molar-refractivity contribution is 6.30. The molecule has 132 valence electrons. The first-order valence-corrected chi connectivity index (χ1v) is 8.64. The topological polar surface area (TPSA) is 66.4 Å². The molecular weight excluding hydrogens is 350 g/mol. The van der Waals surface area contributed by atoms with Crippen molar-refractivity contribution in [1.82, 2.24) is 5.32 Å². The van der Waals surface area contributed by atoms with Gasteiger partial charge in [0.25, 0.3) is 0 Å². The van der Waals surface area contributed by atoms with Crippen molar-refractivity contribution in [2.24, 2.45) is 0 Å². The van der Waals surface area contributed by atoms with E-state index in [-0.39, 0.29) is 18.7 Å². The molecule has 0 aliphatic heterocycles. The maximum Gasteiger partial charge on any atom is 0.305 e. The number of carboxylic acid groups (broad SMARTS) is 1. The van der Waals surface area contributed by atoms with Crippen LogP contribution in [0.1, 0.15) is 23.6 Å². The molecule has 4 nitrogen and oxygen atoms in total. The van der Waals surface area contributed by atoms with Crippen molar-refractivity contribution in [2.75, 3.05) is 0 Å². The maximum atomic E-state index is 12.6. The summed E-state index contributed by atoms with van der Waals surface area (Å²) in [6, 6.07) is 19.9. The normalized spacial score (nSPS) is 11.9. The highest BCUT2D eigenvalue weighted by Gasteiger charge is 2.18. The summed E-state index contributed by atoms with van der Waals surface area (Å²) in [5.41, 5.74) is 1.62. The molecule has 1 amide bonds. The monoisotopic (exact) mass is 367 g/mol. The Morgan fingerprint density at radius 1 is 0.962 bits per heavy atom. The summed E-state index contributed by atoms with van der Waals surface area (Å²) in [5, 5.41) is 14.6. The van der Waals surface area contributed by atoms with E-state index >= 15 is 0 Å². The Morgan fingerprint density at radius 3 is 2.38 bits per heavy atom. The Hall–Kier alpha value is -2.85. The second-order valence-electron chi connectivity index (χ2n) is 6.08. The molecule has 26 heavy (non-hydrogen) atoms. The zero-order valence-electron chi connectivity index (χ0n) is 14.0. The van der Waals surface area contributed by atoms with E-state index in [1.165, 1.54) is 0 Å². The zero-order chi connectivity index (χ0) is 18.5. The van der Waals surface area contributed by atoms with E-state index in [2.05, 4.69) is 5.32 Å². The molecule has 0 unspecified atom stereocenters. The van der Waals surface area contributed by atoms with Gasteiger partial charge >= 0.3 is 5.97 Å². The molecule has 0 aromatic heterocycles. The number of fused-ring (bicyclic) bond motifs is 1. The van der Waals surface area contributed by atoms with Crippen molar-refractivity contribution >= 4 is 34.2 Å². The lowest BCUT2D eigenvalue weighted by atomic mass is 10.0. The van der Waals surface area contributed by atoms with Crippen molar-refractivity contribution in [3.8, 4) is 0 Å². The minimum atomic E-state index is -0.976. The summed E-state index contributed by atoms with van der Waals surface area (Å²) in [6.07, 6.45) is -0.00598. The van der Waals surface area contributed by atoms with Crippen LogP contribution >= 0.6 is 11.6 Å². The van der Waals surface area contributed by atoms with Crippen LogP contribution in [-0.2, 0) is 16.0 Å². The number of nitrogens with one attached hydrogen (secondary N) is 1. The van der Waals surface area contributed by atoms with E-state index in [4.69, 9.17) is 16.7 Å². The summed E-state index contributed by atoms with van der Waals surface area (Å²) in [6.45, 7) is 0. The molecule has 0 radical (unpaired) electrons. The lowest BCUT2D eigenvalue weighted by Gasteiger charge is -2.18. The van der Waals surface area contributed by atoms with Crippen LogP contribution in [0.4, 0.5) is 0 Å². The number of carbonyl (C=O) groups excluding carboxylic acids is 1. The van der Waals surface area contributed by atoms with Crippen LogP contribution in [0.3, 0.4) is 0 Å². The molecule has 0 bridgehead atoms. The van der Waals surface area contributed by atoms with Crippen molar-refractivity contribution in [3.05, 3.63) is 82.9 Å². The van der Waals surface area contributed by atoms with Gasteiger partial charge in [0, 0.05) is 5.02 Å². The van der Waals surface area contributed by atoms with Crippen molar-refractivity contribution in [3.63, 3.8) is 0 Å². The fourth-order valence-corrected chi connectivity index (χ4v) is 3.11. The Labute approximate surface area is 156 Å². The first-order chi connectivity index (χ1) is 12.5. The molecule has 1 atom stereocenters. The number of carbonyl (C=O) groups is 2. The van der Waals surface area contributed by atoms with Crippen LogP contribution in [0.2, 0.25) is 5.02 Å². The SMILES string of the molecule is O=C(O)C[C@@H](NC(=O)Cc1cccc2ccccc12)c1ccc(Cl)cc1. The summed E-state index contributed by atoms with van der Waals surface area (Å²) >= 11 is 5.89. The van der Waals surface area contributed by atoms with Crippen LogP contribution < -0.4 is 5.32 Å². The average Bonchev–Trinajstić information content (AvgIpc) is 2.62. The molecule has 3 aromatic carbocycles. The van der Waals surface area contributed by atoms with Gasteiger partial charge in [0.15, 0.2) is 0 Å². The minimum Gasteiger partial charge on any atom is -0.481 e. The first-order valence-electron chi connectivity index (χ1n) is 8.26. The summed E-state index contributed by atoms with van der Waals surface area (Å²) in [7, 11) is 0. The van der Waals surface area contributed by atoms with Gasteiger partial charge in [-0.1, -0.05) is 66.2 Å². The zero-order valence-corrected chi connectivity index (χ0v) is 14.7. The third-order valence-electron chi connectivity index (χ3n) is 4.22. The summed E-state index contributed by atoms with van der Waals surface area (Å²) in [5.74, 6) is -1.20. The summed E-state index contributed by atoms with van der Waals surface area (Å²) in [4.78, 5) is 23.7. The van der Waals surface area contributed by atoms with E-state index in [0.29, 0.717) is 10.6 Å². The number of rotatable bonds is 6. The van der Waals surface area contributed by atoms with Crippen LogP contribution in [-0.4, -0.2) is 17.0 Å². The van der Waals surface area contributed by atoms with Crippen LogP contribution in [0, 0.1) is 0 Å². The second kappa shape index (κ2) is 8.02. The fraction of sp³-hybridized carbons (Fsp3) is 0.143. The van der Waals surface area contributed by atoms with E-state index in [1.54, 1.807) is 24.3 Å². The molecule has 3 aromatic rings. The van der Waals surface area contributed by atoms with Gasteiger partial charge in [0.1, 0.15) is 0 Å². The van der Waals surface area contributed by atoms with Crippen molar-refractivity contribution < 1.29 is 14.7 Å². The molecule has 3 rings (SSSR count). The highest BCUT2D eigenvalue weighted by Crippen LogP contribution is 2.22. The molecule has 0 fully saturated rings. The molecule has 0 aliphatic carbocycles. The van der Waals surface area contributed by atoms with Crippen LogP contribution in [0.25, 0.3) is 10.8 Å². The lowest BCUT2D eigenvalue weighted by molar-refractivity contribution is -0.137. The average molecular weight is 368 g/mol. The van der Waals surface area contributed by atoms with Gasteiger partial charge in [-0.05, 0) is 34.0 Å². The molecule has 5 heteroatoms. The summed E-state index contributed by atoms with van der Waals surface area (Å²) < 4.78 is 0. The predicted octanol–water partition coefficient (Wildman–Crippen LogP) is 4.37. The number of carboxylic acids is 1. The predicted molar refractivity (Wildman–Crippen MR) is 102 cm³/mol.